The van der Waals surface area contributed by atoms with Gasteiger partial charge in [0.05, 0.1) is 0 Å². The molecule has 1 aliphatic heterocycles. The first kappa shape index (κ1) is 59.5. The Morgan fingerprint density at radius 2 is 0.793 bits per heavy atom. The van der Waals surface area contributed by atoms with Gasteiger partial charge >= 0.3 is 513 Å². The van der Waals surface area contributed by atoms with Gasteiger partial charge in [0.2, 0.25) is 0 Å². The van der Waals surface area contributed by atoms with Crippen molar-refractivity contribution in [2.24, 2.45) is 11.8 Å². The summed E-state index contributed by atoms with van der Waals surface area (Å²) in [6.07, 6.45) is 7.29. The van der Waals surface area contributed by atoms with Crippen LogP contribution in [0.3, 0.4) is 0 Å². The van der Waals surface area contributed by atoms with Crippen molar-refractivity contribution in [3.8, 4) is 55.6 Å². The van der Waals surface area contributed by atoms with E-state index in [0.717, 1.165) is 12.8 Å². The predicted octanol–water partition coefficient (Wildman–Crippen LogP) is 17.6. The van der Waals surface area contributed by atoms with Crippen LogP contribution in [0.15, 0.2) is 175 Å². The van der Waals surface area contributed by atoms with Crippen LogP contribution >= 0.6 is 17.0 Å². The molecule has 0 amide bonds. The SMILES string of the molecule is CCC(C)C1=Cc2c(ccc(-c3ccccc3)c2-c2cc([Si](C)(C)C)cc([Si](C)(C)C)c2)[CH]1[Zr]([Cl])([Cl])([c]1cccc2c1[SiH2]c1ccccc1-2)[CH]1C(C(C)CC)=Cc2c1ccc(-c1ccccc1)c2-c1cc([Si](C)(C)C)cc([Si](C)(C)C)c1. The monoisotopic (exact) mass is 1280 g/mol. The van der Waals surface area contributed by atoms with Gasteiger partial charge in [0.15, 0.2) is 0 Å². The quantitative estimate of drug-likeness (QED) is 0.0898. The summed E-state index contributed by atoms with van der Waals surface area (Å²) < 4.78 is 0.900. The first-order valence-electron chi connectivity index (χ1n) is 30.6. The Balaban J connectivity index is 1.30. The normalized spacial score (nSPS) is 17.6. The summed E-state index contributed by atoms with van der Waals surface area (Å²) >= 11 is -6.07. The van der Waals surface area contributed by atoms with Crippen molar-refractivity contribution >= 4 is 105 Å². The van der Waals surface area contributed by atoms with Gasteiger partial charge in [-0.3, -0.25) is 0 Å². The van der Waals surface area contributed by atoms with Crippen LogP contribution in [0.1, 0.15) is 70.0 Å². The van der Waals surface area contributed by atoms with Crippen molar-refractivity contribution in [3.63, 3.8) is 0 Å². The summed E-state index contributed by atoms with van der Waals surface area (Å²) in [7, 11) is 11.9. The molecule has 0 saturated heterocycles. The van der Waals surface area contributed by atoms with Gasteiger partial charge in [0, 0.05) is 0 Å². The van der Waals surface area contributed by atoms with E-state index < -0.39 is 58.2 Å². The fourth-order valence-corrected chi connectivity index (χ4v) is 47.1. The molecule has 0 N–H and O–H groups in total. The van der Waals surface area contributed by atoms with Crippen LogP contribution in [0.5, 0.6) is 0 Å². The molecular formula is C74H87Cl2Si5Zr. The van der Waals surface area contributed by atoms with Crippen molar-refractivity contribution in [1.82, 2.24) is 0 Å². The second-order valence-corrected chi connectivity index (χ2v) is 71.6. The zero-order chi connectivity index (χ0) is 58.7. The summed E-state index contributed by atoms with van der Waals surface area (Å²) in [6, 6.07) is 64.3. The summed E-state index contributed by atoms with van der Waals surface area (Å²) in [5.74, 6) is 0.454. The van der Waals surface area contributed by atoms with Crippen LogP contribution in [0.4, 0.5) is 0 Å². The van der Waals surface area contributed by atoms with Gasteiger partial charge in [-0.25, -0.2) is 0 Å². The Morgan fingerprint density at radius 3 is 1.18 bits per heavy atom. The number of rotatable bonds is 15. The minimum atomic E-state index is -6.07. The van der Waals surface area contributed by atoms with E-state index in [2.05, 4.69) is 282 Å². The molecule has 1 heterocycles. The summed E-state index contributed by atoms with van der Waals surface area (Å²) in [4.78, 5) is 0. The molecule has 4 unspecified atom stereocenters. The van der Waals surface area contributed by atoms with Crippen LogP contribution in [0.2, 0.25) is 78.6 Å². The van der Waals surface area contributed by atoms with Gasteiger partial charge in [-0.05, 0) is 0 Å². The van der Waals surface area contributed by atoms with Crippen molar-refractivity contribution in [2.45, 2.75) is 126 Å². The molecule has 8 heteroatoms. The second kappa shape index (κ2) is 21.6. The average Bonchev–Trinajstić information content (AvgIpc) is 3.32. The molecule has 0 aromatic heterocycles. The summed E-state index contributed by atoms with van der Waals surface area (Å²) in [6.45, 7) is 39.9. The van der Waals surface area contributed by atoms with Gasteiger partial charge in [0.25, 0.3) is 0 Å². The molecule has 0 nitrogen and oxygen atoms in total. The summed E-state index contributed by atoms with van der Waals surface area (Å²) in [5, 5.41) is 9.05. The molecule has 4 atom stereocenters. The van der Waals surface area contributed by atoms with Crippen molar-refractivity contribution in [3.05, 3.63) is 197 Å². The summed E-state index contributed by atoms with van der Waals surface area (Å²) in [5.41, 5.74) is 21.2. The number of allylic oxidation sites excluding steroid dienone is 2. The van der Waals surface area contributed by atoms with Crippen molar-refractivity contribution in [1.29, 1.82) is 0 Å². The van der Waals surface area contributed by atoms with Gasteiger partial charge in [-0.1, -0.05) is 0 Å². The molecule has 11 rings (SSSR count). The number of halogens is 2. The molecule has 82 heavy (non-hydrogen) atoms. The van der Waals surface area contributed by atoms with E-state index in [-0.39, 0.29) is 19.1 Å². The Morgan fingerprint density at radius 1 is 0.415 bits per heavy atom. The maximum absolute atomic E-state index is 9.99. The molecule has 8 aromatic carbocycles. The van der Waals surface area contributed by atoms with E-state index in [9.17, 15) is 17.0 Å². The first-order valence-corrected chi connectivity index (χ1v) is 56.4. The van der Waals surface area contributed by atoms with Crippen molar-refractivity contribution in [2.75, 3.05) is 0 Å². The third-order valence-electron chi connectivity index (χ3n) is 19.3. The van der Waals surface area contributed by atoms with Crippen LogP contribution in [0.25, 0.3) is 67.8 Å². The topological polar surface area (TPSA) is 0 Å². The van der Waals surface area contributed by atoms with E-state index in [1.54, 1.807) is 0 Å². The van der Waals surface area contributed by atoms with E-state index in [1.807, 2.05) is 0 Å². The van der Waals surface area contributed by atoms with Crippen LogP contribution in [-0.4, -0.2) is 41.8 Å². The fraction of sp³-hybridized carbons (Fsp3) is 0.297. The Bertz CT molecular complexity index is 3620. The minimum absolute atomic E-state index is 0.200. The van der Waals surface area contributed by atoms with Gasteiger partial charge in [0.1, 0.15) is 0 Å². The van der Waals surface area contributed by atoms with Crippen molar-refractivity contribution < 1.29 is 16.4 Å². The molecule has 3 aliphatic rings. The molecule has 0 spiro atoms. The molecule has 0 radical (unpaired) electrons. The van der Waals surface area contributed by atoms with Gasteiger partial charge < -0.3 is 0 Å². The van der Waals surface area contributed by atoms with E-state index in [4.69, 9.17) is 0 Å². The van der Waals surface area contributed by atoms with Gasteiger partial charge in [-0.2, -0.15) is 0 Å². The molecule has 2 aliphatic carbocycles. The van der Waals surface area contributed by atoms with E-state index in [0.29, 0.717) is 0 Å². The van der Waals surface area contributed by atoms with Crippen LogP contribution in [0, 0.1) is 11.8 Å². The van der Waals surface area contributed by atoms with Crippen LogP contribution < -0.4 is 34.4 Å². The van der Waals surface area contributed by atoms with E-state index >= 15 is 0 Å². The van der Waals surface area contributed by atoms with Gasteiger partial charge in [-0.15, -0.1) is 0 Å². The molecule has 8 aromatic rings. The molecular weight excluding hydrogens is 1190 g/mol. The molecule has 0 bridgehead atoms. The molecule has 0 fully saturated rings. The zero-order valence-corrected chi connectivity index (χ0v) is 61.3. The number of benzene rings is 8. The average molecular weight is 1280 g/mol. The Labute approximate surface area is 508 Å². The number of hydrogen-bond donors (Lipinski definition) is 0. The maximum atomic E-state index is 9.99. The number of fused-ring (bicyclic) bond motifs is 5. The first-order chi connectivity index (χ1) is 38.6. The standard InChI is InChI=1S/2C31H39Si2.C12H9Si.2ClH.Zr/c2*1-9-22(2)25-17-24-15-16-29(23-13-11-10-12-14-23)31(30(24)20-25)26-18-27(32(3,4)5)21-28(19-26)33(6,7)8;1-3-7-11-9(5-1)10-6-2-4-8-12(10)13-11;;;/h2*10-22H,9H2,1-8H3;1-7H,13H2;2*1H;/q;;;;;+2/p-2. The molecule has 0 saturated carbocycles. The van der Waals surface area contributed by atoms with E-state index in [1.165, 1.54) is 123 Å². The van der Waals surface area contributed by atoms with Crippen LogP contribution in [-0.2, 0) is 16.4 Å². The Kier molecular flexibility index (Phi) is 15.7. The fourth-order valence-electron chi connectivity index (χ4n) is 14.1. The predicted molar refractivity (Wildman–Crippen MR) is 378 cm³/mol. The zero-order valence-electron chi connectivity index (χ0n) is 51.9. The number of hydrogen-bond acceptors (Lipinski definition) is 0. The second-order valence-electron chi connectivity index (χ2n) is 28.9. The third kappa shape index (κ3) is 10.3. The Hall–Kier alpha value is -4.21. The third-order valence-corrected chi connectivity index (χ3v) is 50.0. The molecule has 421 valence electrons.